The first-order valence-corrected chi connectivity index (χ1v) is 12.0. The van der Waals surface area contributed by atoms with Crippen LogP contribution >= 0.6 is 0 Å². The molecule has 2 aliphatic rings. The van der Waals surface area contributed by atoms with Crippen molar-refractivity contribution in [3.63, 3.8) is 0 Å². The summed E-state index contributed by atoms with van der Waals surface area (Å²) in [6.07, 6.45) is 6.15. The van der Waals surface area contributed by atoms with Crippen molar-refractivity contribution in [1.82, 2.24) is 25.1 Å². The number of carbonyl (C=O) groups is 1. The number of nitrogens with one attached hydrogen (secondary N) is 2. The number of H-pyrrole nitrogens is 1. The van der Waals surface area contributed by atoms with Crippen LogP contribution in [0.4, 0.5) is 42.0 Å². The van der Waals surface area contributed by atoms with Gasteiger partial charge >= 0.3 is 0 Å². The number of anilines is 5. The van der Waals surface area contributed by atoms with E-state index in [9.17, 15) is 18.0 Å². The molecule has 1 atom stereocenters. The summed E-state index contributed by atoms with van der Waals surface area (Å²) in [5.74, 6) is -2.80. The highest BCUT2D eigenvalue weighted by atomic mass is 19.3. The number of aromatic amines is 1. The number of fused-ring (bicyclic) bond motifs is 2. The Morgan fingerprint density at radius 1 is 1.16 bits per heavy atom. The lowest BCUT2D eigenvalue weighted by molar-refractivity contribution is -0.119. The first kappa shape index (κ1) is 23.2. The molecule has 4 heterocycles. The van der Waals surface area contributed by atoms with Gasteiger partial charge in [-0.2, -0.15) is 10.1 Å². The molecule has 1 aliphatic heterocycles. The number of carbonyl (C=O) groups excluding carboxylic acids is 1. The fourth-order valence-corrected chi connectivity index (χ4v) is 5.14. The average Bonchev–Trinajstić information content (AvgIpc) is 3.36. The number of nitrogens with zero attached hydrogens (tertiary/aromatic N) is 6. The molecule has 1 fully saturated rings. The van der Waals surface area contributed by atoms with Crippen molar-refractivity contribution in [3.05, 3.63) is 54.9 Å². The quantitative estimate of drug-likeness (QED) is 0.396. The van der Waals surface area contributed by atoms with Crippen LogP contribution in [0.15, 0.2) is 49.1 Å². The molecular formula is C25H23F3N8O. The van der Waals surface area contributed by atoms with Crippen LogP contribution in [-0.4, -0.2) is 49.1 Å². The highest BCUT2D eigenvalue weighted by Gasteiger charge is 2.44. The average molecular weight is 509 g/mol. The number of alkyl halides is 2. The van der Waals surface area contributed by atoms with E-state index in [1.54, 1.807) is 37.5 Å². The van der Waals surface area contributed by atoms with Crippen LogP contribution in [0, 0.1) is 5.82 Å². The van der Waals surface area contributed by atoms with Crippen molar-refractivity contribution >= 4 is 45.6 Å². The number of benzene rings is 1. The zero-order chi connectivity index (χ0) is 25.7. The Morgan fingerprint density at radius 3 is 2.73 bits per heavy atom. The van der Waals surface area contributed by atoms with Crippen LogP contribution in [0.2, 0.25) is 0 Å². The molecule has 0 bridgehead atoms. The number of rotatable bonds is 4. The first-order chi connectivity index (χ1) is 17.8. The molecule has 1 aliphatic carbocycles. The van der Waals surface area contributed by atoms with Gasteiger partial charge in [-0.15, -0.1) is 0 Å². The molecule has 1 aromatic carbocycles. The minimum absolute atomic E-state index is 0.180. The van der Waals surface area contributed by atoms with Gasteiger partial charge in [-0.3, -0.25) is 19.8 Å². The van der Waals surface area contributed by atoms with Gasteiger partial charge in [0.2, 0.25) is 11.9 Å². The Bertz CT molecular complexity index is 1470. The van der Waals surface area contributed by atoms with Gasteiger partial charge in [-0.05, 0) is 44.0 Å². The van der Waals surface area contributed by atoms with Crippen LogP contribution in [0.5, 0.6) is 0 Å². The van der Waals surface area contributed by atoms with Crippen molar-refractivity contribution in [2.45, 2.75) is 50.6 Å². The molecule has 37 heavy (non-hydrogen) atoms. The summed E-state index contributed by atoms with van der Waals surface area (Å²) >= 11 is 0. The molecule has 9 nitrogen and oxygen atoms in total. The molecule has 12 heteroatoms. The predicted octanol–water partition coefficient (Wildman–Crippen LogP) is 5.08. The minimum Gasteiger partial charge on any atom is -0.340 e. The monoisotopic (exact) mass is 508 g/mol. The number of amides is 1. The standard InChI is InChI=1S/C25H23F3N8O/c1-14-23(37)36(18-3-2-8-29-12-18)20-13-30-24(32-16-9-15-11-31-34-21(15)19(26)10-16)33-22(20)35(14)17-4-6-25(27,28)7-5-17/h2-3,8-14,17H,4-7H2,1H3,(H,31,34)(H,30,32,33)/t14-/m1/s1. The van der Waals surface area contributed by atoms with Crippen molar-refractivity contribution < 1.29 is 18.0 Å². The van der Waals surface area contributed by atoms with Gasteiger partial charge in [0, 0.05) is 36.2 Å². The Labute approximate surface area is 209 Å². The van der Waals surface area contributed by atoms with E-state index in [1.165, 1.54) is 23.4 Å². The van der Waals surface area contributed by atoms with Gasteiger partial charge < -0.3 is 10.2 Å². The SMILES string of the molecule is C[C@@H]1C(=O)N(c2cccnc2)c2cnc(Nc3cc(F)c4[nH]ncc4c3)nc2N1C1CCC(F)(F)CC1. The largest absolute Gasteiger partial charge is 0.340 e. The van der Waals surface area contributed by atoms with Crippen LogP contribution in [0.3, 0.4) is 0 Å². The van der Waals surface area contributed by atoms with E-state index in [0.717, 1.165) is 0 Å². The van der Waals surface area contributed by atoms with Crippen molar-refractivity contribution in [3.8, 4) is 0 Å². The fourth-order valence-electron chi connectivity index (χ4n) is 5.14. The van der Waals surface area contributed by atoms with E-state index in [4.69, 9.17) is 4.98 Å². The van der Waals surface area contributed by atoms with E-state index < -0.39 is 17.8 Å². The Balaban J connectivity index is 1.42. The molecule has 4 aromatic rings. The van der Waals surface area contributed by atoms with E-state index in [1.807, 2.05) is 4.90 Å². The second-order valence-corrected chi connectivity index (χ2v) is 9.37. The van der Waals surface area contributed by atoms with Crippen LogP contribution in [0.1, 0.15) is 32.6 Å². The topological polar surface area (TPSA) is 103 Å². The normalized spacial score (nSPS) is 19.8. The van der Waals surface area contributed by atoms with Crippen LogP contribution in [-0.2, 0) is 4.79 Å². The third kappa shape index (κ3) is 4.11. The Kier molecular flexibility index (Phi) is 5.46. The minimum atomic E-state index is -2.71. The van der Waals surface area contributed by atoms with Crippen molar-refractivity contribution in [1.29, 1.82) is 0 Å². The fraction of sp³-hybridized carbons (Fsp3) is 0.320. The Hall–Kier alpha value is -4.22. The summed E-state index contributed by atoms with van der Waals surface area (Å²) in [5, 5.41) is 10.1. The molecule has 0 unspecified atom stereocenters. The second kappa shape index (κ2) is 8.71. The molecule has 1 amide bonds. The summed E-state index contributed by atoms with van der Waals surface area (Å²) in [6, 6.07) is 5.54. The van der Waals surface area contributed by atoms with Gasteiger partial charge in [0.1, 0.15) is 17.2 Å². The number of hydrogen-bond donors (Lipinski definition) is 2. The zero-order valence-corrected chi connectivity index (χ0v) is 19.8. The van der Waals surface area contributed by atoms with Gasteiger partial charge in [0.25, 0.3) is 5.91 Å². The smallest absolute Gasteiger partial charge is 0.254 e. The second-order valence-electron chi connectivity index (χ2n) is 9.37. The molecule has 1 saturated carbocycles. The van der Waals surface area contributed by atoms with Crippen LogP contribution in [0.25, 0.3) is 10.9 Å². The zero-order valence-electron chi connectivity index (χ0n) is 19.8. The highest BCUT2D eigenvalue weighted by Crippen LogP contribution is 2.44. The van der Waals surface area contributed by atoms with E-state index in [2.05, 4.69) is 25.5 Å². The number of aromatic nitrogens is 5. The number of pyridine rings is 1. The van der Waals surface area contributed by atoms with Crippen LogP contribution < -0.4 is 15.1 Å². The molecule has 0 spiro atoms. The van der Waals surface area contributed by atoms with Gasteiger partial charge in [-0.25, -0.2) is 18.2 Å². The maximum atomic E-state index is 14.5. The van der Waals surface area contributed by atoms with E-state index >= 15 is 0 Å². The summed E-state index contributed by atoms with van der Waals surface area (Å²) < 4.78 is 42.4. The van der Waals surface area contributed by atoms with E-state index in [-0.39, 0.29) is 49.1 Å². The number of halogens is 3. The highest BCUT2D eigenvalue weighted by molar-refractivity contribution is 6.09. The first-order valence-electron chi connectivity index (χ1n) is 12.0. The van der Waals surface area contributed by atoms with Gasteiger partial charge in [0.05, 0.1) is 24.3 Å². The molecule has 3 aromatic heterocycles. The number of hydrogen-bond acceptors (Lipinski definition) is 7. The maximum Gasteiger partial charge on any atom is 0.254 e. The molecule has 190 valence electrons. The molecule has 6 rings (SSSR count). The lowest BCUT2D eigenvalue weighted by Crippen LogP contribution is -2.56. The van der Waals surface area contributed by atoms with Gasteiger partial charge in [-0.1, -0.05) is 0 Å². The molecule has 0 saturated heterocycles. The van der Waals surface area contributed by atoms with Crippen molar-refractivity contribution in [2.75, 3.05) is 15.1 Å². The van der Waals surface area contributed by atoms with Crippen molar-refractivity contribution in [2.24, 2.45) is 0 Å². The van der Waals surface area contributed by atoms with Gasteiger partial charge in [0.15, 0.2) is 11.6 Å². The molecule has 0 radical (unpaired) electrons. The third-order valence-corrected chi connectivity index (χ3v) is 6.97. The summed E-state index contributed by atoms with van der Waals surface area (Å²) in [6.45, 7) is 1.75. The lowest BCUT2D eigenvalue weighted by Gasteiger charge is -2.46. The summed E-state index contributed by atoms with van der Waals surface area (Å²) in [7, 11) is 0. The summed E-state index contributed by atoms with van der Waals surface area (Å²) in [5.41, 5.74) is 1.68. The molecular weight excluding hydrogens is 485 g/mol. The predicted molar refractivity (Wildman–Crippen MR) is 132 cm³/mol. The maximum absolute atomic E-state index is 14.5. The third-order valence-electron chi connectivity index (χ3n) is 6.97. The Morgan fingerprint density at radius 2 is 1.97 bits per heavy atom. The lowest BCUT2D eigenvalue weighted by atomic mass is 9.89. The summed E-state index contributed by atoms with van der Waals surface area (Å²) in [4.78, 5) is 30.1. The van der Waals surface area contributed by atoms with E-state index in [0.29, 0.717) is 28.3 Å². The molecule has 2 N–H and O–H groups in total.